The first-order valence-electron chi connectivity index (χ1n) is 6.02. The standard InChI is InChI=1S/C13H15N3O3/c14-11(17)13(19)16-8-6-15(7-9-16)12(18)10-4-2-1-3-5-10/h1-5H,6-9H2,(H2,14,17). The minimum absolute atomic E-state index is 0.0632. The molecule has 2 N–H and O–H groups in total. The molecule has 2 rings (SSSR count). The Labute approximate surface area is 110 Å². The van der Waals surface area contributed by atoms with Gasteiger partial charge in [0.05, 0.1) is 0 Å². The van der Waals surface area contributed by atoms with Crippen molar-refractivity contribution in [1.29, 1.82) is 0 Å². The lowest BCUT2D eigenvalue weighted by Crippen LogP contribution is -2.53. The molecule has 0 atom stereocenters. The molecule has 6 heteroatoms. The third-order valence-corrected chi connectivity index (χ3v) is 3.09. The maximum Gasteiger partial charge on any atom is 0.311 e. The van der Waals surface area contributed by atoms with Gasteiger partial charge in [0.25, 0.3) is 5.91 Å². The van der Waals surface area contributed by atoms with Crippen molar-refractivity contribution in [1.82, 2.24) is 9.80 Å². The predicted octanol–water partition coefficient (Wildman–Crippen LogP) is -0.544. The molecule has 0 aliphatic carbocycles. The van der Waals surface area contributed by atoms with Crippen LogP contribution < -0.4 is 5.73 Å². The van der Waals surface area contributed by atoms with Gasteiger partial charge in [0.15, 0.2) is 0 Å². The van der Waals surface area contributed by atoms with Crippen LogP contribution in [-0.4, -0.2) is 53.7 Å². The van der Waals surface area contributed by atoms with Crippen LogP contribution in [0.15, 0.2) is 30.3 Å². The largest absolute Gasteiger partial charge is 0.361 e. The van der Waals surface area contributed by atoms with E-state index >= 15 is 0 Å². The molecule has 1 saturated heterocycles. The van der Waals surface area contributed by atoms with Gasteiger partial charge in [0, 0.05) is 31.7 Å². The smallest absolute Gasteiger partial charge is 0.311 e. The van der Waals surface area contributed by atoms with Gasteiger partial charge in [-0.3, -0.25) is 14.4 Å². The third kappa shape index (κ3) is 2.90. The molecule has 1 aromatic rings. The molecule has 0 aromatic heterocycles. The number of amides is 3. The minimum atomic E-state index is -0.956. The van der Waals surface area contributed by atoms with Crippen LogP contribution in [0, 0.1) is 0 Å². The number of carbonyl (C=O) groups excluding carboxylic acids is 3. The van der Waals surface area contributed by atoms with Crippen LogP contribution in [0.2, 0.25) is 0 Å². The number of rotatable bonds is 1. The quantitative estimate of drug-likeness (QED) is 0.689. The van der Waals surface area contributed by atoms with Gasteiger partial charge in [-0.15, -0.1) is 0 Å². The van der Waals surface area contributed by atoms with Crippen LogP contribution in [0.25, 0.3) is 0 Å². The van der Waals surface area contributed by atoms with E-state index < -0.39 is 11.8 Å². The van der Waals surface area contributed by atoms with Crippen LogP contribution in [0.5, 0.6) is 0 Å². The molecule has 3 amide bonds. The van der Waals surface area contributed by atoms with E-state index in [1.807, 2.05) is 6.07 Å². The normalized spacial score (nSPS) is 15.2. The molecule has 19 heavy (non-hydrogen) atoms. The van der Waals surface area contributed by atoms with E-state index in [2.05, 4.69) is 0 Å². The number of piperazine rings is 1. The van der Waals surface area contributed by atoms with Crippen LogP contribution in [0.1, 0.15) is 10.4 Å². The Hall–Kier alpha value is -2.37. The zero-order chi connectivity index (χ0) is 13.8. The van der Waals surface area contributed by atoms with Crippen molar-refractivity contribution >= 4 is 17.7 Å². The van der Waals surface area contributed by atoms with Gasteiger partial charge in [-0.2, -0.15) is 0 Å². The zero-order valence-electron chi connectivity index (χ0n) is 10.4. The van der Waals surface area contributed by atoms with Gasteiger partial charge in [-0.1, -0.05) is 18.2 Å². The topological polar surface area (TPSA) is 83.7 Å². The summed E-state index contributed by atoms with van der Waals surface area (Å²) >= 11 is 0. The van der Waals surface area contributed by atoms with Crippen molar-refractivity contribution in [3.05, 3.63) is 35.9 Å². The molecule has 0 radical (unpaired) electrons. The predicted molar refractivity (Wildman–Crippen MR) is 68.1 cm³/mol. The lowest BCUT2D eigenvalue weighted by molar-refractivity contribution is -0.145. The maximum atomic E-state index is 12.1. The van der Waals surface area contributed by atoms with Gasteiger partial charge in [0.2, 0.25) is 0 Å². The highest BCUT2D eigenvalue weighted by Crippen LogP contribution is 2.08. The van der Waals surface area contributed by atoms with Gasteiger partial charge < -0.3 is 15.5 Å². The van der Waals surface area contributed by atoms with E-state index in [1.165, 1.54) is 4.90 Å². The van der Waals surface area contributed by atoms with E-state index in [-0.39, 0.29) is 5.91 Å². The summed E-state index contributed by atoms with van der Waals surface area (Å²) in [6.07, 6.45) is 0. The molecule has 0 saturated carbocycles. The number of nitrogens with zero attached hydrogens (tertiary/aromatic N) is 2. The number of hydrogen-bond acceptors (Lipinski definition) is 3. The average molecular weight is 261 g/mol. The van der Waals surface area contributed by atoms with E-state index in [9.17, 15) is 14.4 Å². The second kappa shape index (κ2) is 5.51. The Kier molecular flexibility index (Phi) is 3.79. The minimum Gasteiger partial charge on any atom is -0.361 e. The summed E-state index contributed by atoms with van der Waals surface area (Å²) in [7, 11) is 0. The summed E-state index contributed by atoms with van der Waals surface area (Å²) in [6.45, 7) is 1.49. The summed E-state index contributed by atoms with van der Waals surface area (Å²) < 4.78 is 0. The van der Waals surface area contributed by atoms with Gasteiger partial charge in [0.1, 0.15) is 0 Å². The lowest BCUT2D eigenvalue weighted by Gasteiger charge is -2.34. The lowest BCUT2D eigenvalue weighted by atomic mass is 10.2. The van der Waals surface area contributed by atoms with Crippen molar-refractivity contribution in [2.45, 2.75) is 0 Å². The van der Waals surface area contributed by atoms with Crippen molar-refractivity contribution in [3.8, 4) is 0 Å². The fourth-order valence-electron chi connectivity index (χ4n) is 2.03. The highest BCUT2D eigenvalue weighted by atomic mass is 16.2. The first-order chi connectivity index (χ1) is 9.09. The van der Waals surface area contributed by atoms with Crippen molar-refractivity contribution in [2.24, 2.45) is 5.73 Å². The molecule has 1 heterocycles. The van der Waals surface area contributed by atoms with Gasteiger partial charge >= 0.3 is 11.8 Å². The Morgan fingerprint density at radius 1 is 0.895 bits per heavy atom. The number of benzene rings is 1. The van der Waals surface area contributed by atoms with Crippen LogP contribution in [0.4, 0.5) is 0 Å². The van der Waals surface area contributed by atoms with E-state index in [0.717, 1.165) is 0 Å². The number of carbonyl (C=O) groups is 3. The molecule has 0 bridgehead atoms. The SMILES string of the molecule is NC(=O)C(=O)N1CCN(C(=O)c2ccccc2)CC1. The number of primary amides is 1. The molecule has 1 aliphatic rings. The third-order valence-electron chi connectivity index (χ3n) is 3.09. The Bertz CT molecular complexity index is 493. The molecule has 0 spiro atoms. The molecule has 1 fully saturated rings. The molecule has 0 unspecified atom stereocenters. The maximum absolute atomic E-state index is 12.1. The molecule has 1 aromatic carbocycles. The summed E-state index contributed by atoms with van der Waals surface area (Å²) in [5.41, 5.74) is 5.56. The molecule has 100 valence electrons. The summed E-state index contributed by atoms with van der Waals surface area (Å²) in [5, 5.41) is 0. The summed E-state index contributed by atoms with van der Waals surface area (Å²) in [6, 6.07) is 8.97. The Morgan fingerprint density at radius 3 is 1.95 bits per heavy atom. The Morgan fingerprint density at radius 2 is 1.42 bits per heavy atom. The van der Waals surface area contributed by atoms with E-state index in [4.69, 9.17) is 5.73 Å². The van der Waals surface area contributed by atoms with Crippen LogP contribution in [-0.2, 0) is 9.59 Å². The summed E-state index contributed by atoms with van der Waals surface area (Å²) in [5.74, 6) is -1.71. The molecular weight excluding hydrogens is 246 g/mol. The average Bonchev–Trinajstić information content (AvgIpc) is 2.46. The number of hydrogen-bond donors (Lipinski definition) is 1. The second-order valence-corrected chi connectivity index (χ2v) is 4.31. The van der Waals surface area contributed by atoms with Crippen molar-refractivity contribution in [2.75, 3.05) is 26.2 Å². The highest BCUT2D eigenvalue weighted by molar-refractivity contribution is 6.34. The fourth-order valence-corrected chi connectivity index (χ4v) is 2.03. The second-order valence-electron chi connectivity index (χ2n) is 4.31. The van der Waals surface area contributed by atoms with Crippen LogP contribution >= 0.6 is 0 Å². The molecule has 1 aliphatic heterocycles. The highest BCUT2D eigenvalue weighted by Gasteiger charge is 2.26. The monoisotopic (exact) mass is 261 g/mol. The van der Waals surface area contributed by atoms with Crippen molar-refractivity contribution in [3.63, 3.8) is 0 Å². The zero-order valence-corrected chi connectivity index (χ0v) is 10.4. The first kappa shape index (κ1) is 13.1. The van der Waals surface area contributed by atoms with E-state index in [0.29, 0.717) is 31.7 Å². The van der Waals surface area contributed by atoms with Gasteiger partial charge in [-0.25, -0.2) is 0 Å². The number of nitrogens with two attached hydrogens (primary N) is 1. The van der Waals surface area contributed by atoms with Crippen molar-refractivity contribution < 1.29 is 14.4 Å². The van der Waals surface area contributed by atoms with E-state index in [1.54, 1.807) is 29.2 Å². The first-order valence-corrected chi connectivity index (χ1v) is 6.02. The van der Waals surface area contributed by atoms with Gasteiger partial charge in [-0.05, 0) is 12.1 Å². The van der Waals surface area contributed by atoms with Crippen LogP contribution in [0.3, 0.4) is 0 Å². The molecular formula is C13H15N3O3. The fraction of sp³-hybridized carbons (Fsp3) is 0.308. The summed E-state index contributed by atoms with van der Waals surface area (Å²) in [4.78, 5) is 37.4. The molecule has 6 nitrogen and oxygen atoms in total. The Balaban J connectivity index is 1.95.